The molecular weight excluding hydrogens is 316 g/mol. The molecular formula is C19H16N4O2. The van der Waals surface area contributed by atoms with Crippen LogP contribution in [-0.2, 0) is 11.3 Å². The molecule has 0 atom stereocenters. The molecule has 124 valence electrons. The first kappa shape index (κ1) is 15.1. The molecule has 6 nitrogen and oxygen atoms in total. The number of para-hydroxylation sites is 2. The van der Waals surface area contributed by atoms with Gasteiger partial charge in [-0.3, -0.25) is 9.48 Å². The van der Waals surface area contributed by atoms with E-state index in [1.165, 1.54) is 6.92 Å². The van der Waals surface area contributed by atoms with E-state index in [1.807, 2.05) is 59.4 Å². The molecule has 2 heterocycles. The Morgan fingerprint density at radius 3 is 2.84 bits per heavy atom. The summed E-state index contributed by atoms with van der Waals surface area (Å²) < 4.78 is 7.18. The van der Waals surface area contributed by atoms with E-state index in [-0.39, 0.29) is 5.91 Å². The Morgan fingerprint density at radius 1 is 1.16 bits per heavy atom. The minimum atomic E-state index is -0.0947. The average Bonchev–Trinajstić information content (AvgIpc) is 3.22. The van der Waals surface area contributed by atoms with Crippen LogP contribution in [0.3, 0.4) is 0 Å². The van der Waals surface area contributed by atoms with Gasteiger partial charge in [-0.25, -0.2) is 0 Å². The summed E-state index contributed by atoms with van der Waals surface area (Å²) in [6.07, 6.45) is 3.69. The maximum Gasteiger partial charge on any atom is 0.221 e. The fourth-order valence-electron chi connectivity index (χ4n) is 2.81. The number of hydrogen-bond donors (Lipinski definition) is 1. The van der Waals surface area contributed by atoms with Crippen molar-refractivity contribution in [2.45, 2.75) is 13.5 Å². The molecule has 4 aromatic rings. The van der Waals surface area contributed by atoms with Crippen LogP contribution < -0.4 is 5.32 Å². The van der Waals surface area contributed by atoms with Crippen molar-refractivity contribution in [3.05, 3.63) is 66.5 Å². The molecule has 2 aromatic heterocycles. The summed E-state index contributed by atoms with van der Waals surface area (Å²) in [5, 5.41) is 12.4. The third-order valence-corrected chi connectivity index (χ3v) is 3.94. The molecule has 0 aliphatic carbocycles. The third-order valence-electron chi connectivity index (χ3n) is 3.94. The molecule has 25 heavy (non-hydrogen) atoms. The summed E-state index contributed by atoms with van der Waals surface area (Å²) in [6.45, 7) is 2.05. The molecule has 0 saturated carbocycles. The van der Waals surface area contributed by atoms with Gasteiger partial charge in [-0.15, -0.1) is 0 Å². The van der Waals surface area contributed by atoms with Gasteiger partial charge in [0.15, 0.2) is 5.58 Å². The highest BCUT2D eigenvalue weighted by molar-refractivity contribution is 5.91. The Labute approximate surface area is 144 Å². The fraction of sp³-hybridized carbons (Fsp3) is 0.105. The highest BCUT2D eigenvalue weighted by Gasteiger charge is 2.12. The molecule has 0 bridgehead atoms. The van der Waals surface area contributed by atoms with Gasteiger partial charge in [0, 0.05) is 29.8 Å². The summed E-state index contributed by atoms with van der Waals surface area (Å²) >= 11 is 0. The topological polar surface area (TPSA) is 73.0 Å². The second kappa shape index (κ2) is 6.24. The lowest BCUT2D eigenvalue weighted by Crippen LogP contribution is -2.10. The van der Waals surface area contributed by atoms with E-state index in [1.54, 1.807) is 6.20 Å². The molecule has 0 aliphatic rings. The zero-order valence-electron chi connectivity index (χ0n) is 13.6. The number of aromatic nitrogens is 3. The van der Waals surface area contributed by atoms with Gasteiger partial charge in [0.05, 0.1) is 12.7 Å². The number of nitrogens with one attached hydrogen (secondary N) is 1. The Bertz CT molecular complexity index is 1050. The van der Waals surface area contributed by atoms with Crippen molar-refractivity contribution in [1.82, 2.24) is 14.9 Å². The van der Waals surface area contributed by atoms with Crippen LogP contribution in [0.2, 0.25) is 0 Å². The van der Waals surface area contributed by atoms with Gasteiger partial charge in [0.1, 0.15) is 5.69 Å². The second-order valence-electron chi connectivity index (χ2n) is 5.79. The number of amides is 1. The summed E-state index contributed by atoms with van der Waals surface area (Å²) in [6, 6.07) is 15.4. The maximum atomic E-state index is 11.3. The van der Waals surface area contributed by atoms with Crippen molar-refractivity contribution in [2.24, 2.45) is 0 Å². The molecule has 0 spiro atoms. The van der Waals surface area contributed by atoms with Gasteiger partial charge in [-0.1, -0.05) is 35.5 Å². The van der Waals surface area contributed by atoms with Crippen LogP contribution in [0.15, 0.2) is 65.4 Å². The minimum Gasteiger partial charge on any atom is -0.356 e. The van der Waals surface area contributed by atoms with E-state index in [0.29, 0.717) is 6.54 Å². The number of hydrogen-bond acceptors (Lipinski definition) is 4. The SMILES string of the molecule is CC(=O)Nc1ccccc1Cn1cc(-c2noc3ccccc23)cn1. The zero-order chi connectivity index (χ0) is 17.2. The molecule has 1 N–H and O–H groups in total. The van der Waals surface area contributed by atoms with Crippen molar-refractivity contribution in [1.29, 1.82) is 0 Å². The van der Waals surface area contributed by atoms with E-state index in [4.69, 9.17) is 4.52 Å². The number of carbonyl (C=O) groups is 1. The highest BCUT2D eigenvalue weighted by atomic mass is 16.5. The van der Waals surface area contributed by atoms with E-state index in [2.05, 4.69) is 15.6 Å². The molecule has 1 amide bonds. The van der Waals surface area contributed by atoms with E-state index in [0.717, 1.165) is 33.5 Å². The number of fused-ring (bicyclic) bond motifs is 1. The van der Waals surface area contributed by atoms with Crippen LogP contribution in [0.4, 0.5) is 5.69 Å². The molecule has 0 fully saturated rings. The summed E-state index contributed by atoms with van der Waals surface area (Å²) in [5.41, 5.74) is 4.19. The normalized spacial score (nSPS) is 10.9. The lowest BCUT2D eigenvalue weighted by atomic mass is 10.1. The first-order chi connectivity index (χ1) is 12.2. The molecule has 4 rings (SSSR count). The van der Waals surface area contributed by atoms with Gasteiger partial charge in [-0.2, -0.15) is 5.10 Å². The quantitative estimate of drug-likeness (QED) is 0.618. The van der Waals surface area contributed by atoms with Crippen molar-refractivity contribution in [3.8, 4) is 11.3 Å². The third kappa shape index (κ3) is 3.01. The number of rotatable bonds is 4. The van der Waals surface area contributed by atoms with Crippen LogP contribution in [0.1, 0.15) is 12.5 Å². The smallest absolute Gasteiger partial charge is 0.221 e. The Kier molecular flexibility index (Phi) is 3.78. The standard InChI is InChI=1S/C19H16N4O2/c1-13(24)21-17-8-4-2-6-14(17)11-23-12-15(10-20-23)19-16-7-3-5-9-18(16)25-22-19/h2-10,12H,11H2,1H3,(H,21,24). The Balaban J connectivity index is 1.63. The highest BCUT2D eigenvalue weighted by Crippen LogP contribution is 2.27. The molecule has 0 aliphatic heterocycles. The molecule has 0 saturated heterocycles. The largest absolute Gasteiger partial charge is 0.356 e. The number of nitrogens with zero attached hydrogens (tertiary/aromatic N) is 3. The molecule has 2 aromatic carbocycles. The van der Waals surface area contributed by atoms with Crippen LogP contribution in [0, 0.1) is 0 Å². The van der Waals surface area contributed by atoms with Crippen molar-refractivity contribution < 1.29 is 9.32 Å². The van der Waals surface area contributed by atoms with Crippen molar-refractivity contribution >= 4 is 22.6 Å². The summed E-state index contributed by atoms with van der Waals surface area (Å²) in [5.74, 6) is -0.0947. The van der Waals surface area contributed by atoms with Crippen LogP contribution in [0.25, 0.3) is 22.2 Å². The van der Waals surface area contributed by atoms with E-state index in [9.17, 15) is 4.79 Å². The Morgan fingerprint density at radius 2 is 1.96 bits per heavy atom. The predicted octanol–water partition coefficient (Wildman–Crippen LogP) is 3.70. The first-order valence-electron chi connectivity index (χ1n) is 7.93. The lowest BCUT2D eigenvalue weighted by molar-refractivity contribution is -0.114. The van der Waals surface area contributed by atoms with Gasteiger partial charge >= 0.3 is 0 Å². The minimum absolute atomic E-state index is 0.0947. The maximum absolute atomic E-state index is 11.3. The fourth-order valence-corrected chi connectivity index (χ4v) is 2.81. The zero-order valence-corrected chi connectivity index (χ0v) is 13.6. The second-order valence-corrected chi connectivity index (χ2v) is 5.79. The monoisotopic (exact) mass is 332 g/mol. The number of anilines is 1. The van der Waals surface area contributed by atoms with Crippen molar-refractivity contribution in [2.75, 3.05) is 5.32 Å². The van der Waals surface area contributed by atoms with Gasteiger partial charge in [0.25, 0.3) is 0 Å². The van der Waals surface area contributed by atoms with E-state index >= 15 is 0 Å². The van der Waals surface area contributed by atoms with Crippen LogP contribution in [0.5, 0.6) is 0 Å². The number of benzene rings is 2. The first-order valence-corrected chi connectivity index (χ1v) is 7.93. The van der Waals surface area contributed by atoms with Gasteiger partial charge in [0.2, 0.25) is 5.91 Å². The van der Waals surface area contributed by atoms with Gasteiger partial charge < -0.3 is 9.84 Å². The van der Waals surface area contributed by atoms with E-state index < -0.39 is 0 Å². The summed E-state index contributed by atoms with van der Waals surface area (Å²) in [4.78, 5) is 11.3. The summed E-state index contributed by atoms with van der Waals surface area (Å²) in [7, 11) is 0. The number of carbonyl (C=O) groups excluding carboxylic acids is 1. The predicted molar refractivity (Wildman–Crippen MR) is 95.1 cm³/mol. The molecule has 0 radical (unpaired) electrons. The van der Waals surface area contributed by atoms with Crippen molar-refractivity contribution in [3.63, 3.8) is 0 Å². The average molecular weight is 332 g/mol. The van der Waals surface area contributed by atoms with Crippen LogP contribution >= 0.6 is 0 Å². The molecule has 6 heteroatoms. The van der Waals surface area contributed by atoms with Gasteiger partial charge in [-0.05, 0) is 23.8 Å². The van der Waals surface area contributed by atoms with Crippen LogP contribution in [-0.4, -0.2) is 20.8 Å². The molecule has 0 unspecified atom stereocenters. The Hall–Kier alpha value is -3.41. The lowest BCUT2D eigenvalue weighted by Gasteiger charge is -2.09.